The molecule has 12 rings (SSSR count). The maximum atomic E-state index is 4.74. The SMILES string of the molecule is c1ccc(N(c2ccc(-n3c4ccccc4c4ccccc43)cc2)c2ccc3c(-c4cccc(-c5ccccn5)c4)c4ccccc4c(-c4cccc(-c5ccccn5)c4)c3c2)cc1. The molecular weight excluding hydrogens is 777 g/mol. The lowest BCUT2D eigenvalue weighted by Gasteiger charge is -2.27. The van der Waals surface area contributed by atoms with Crippen LogP contribution in [0.1, 0.15) is 0 Å². The number of rotatable bonds is 8. The second-order valence-corrected chi connectivity index (χ2v) is 16.2. The maximum absolute atomic E-state index is 4.74. The van der Waals surface area contributed by atoms with Crippen molar-refractivity contribution < 1.29 is 0 Å². The van der Waals surface area contributed by atoms with E-state index < -0.39 is 0 Å². The number of hydrogen-bond acceptors (Lipinski definition) is 3. The summed E-state index contributed by atoms with van der Waals surface area (Å²) in [5, 5.41) is 7.22. The highest BCUT2D eigenvalue weighted by Crippen LogP contribution is 2.47. The van der Waals surface area contributed by atoms with Crippen LogP contribution in [-0.4, -0.2) is 14.5 Å². The molecule has 3 heterocycles. The van der Waals surface area contributed by atoms with Gasteiger partial charge in [0.25, 0.3) is 0 Å². The largest absolute Gasteiger partial charge is 0.310 e. The van der Waals surface area contributed by atoms with Gasteiger partial charge < -0.3 is 9.47 Å². The first kappa shape index (κ1) is 37.2. The first-order chi connectivity index (χ1) is 31.8. The molecule has 0 radical (unpaired) electrons. The molecule has 0 atom stereocenters. The third-order valence-electron chi connectivity index (χ3n) is 12.5. The van der Waals surface area contributed by atoms with Gasteiger partial charge in [-0.25, -0.2) is 0 Å². The molecule has 0 unspecified atom stereocenters. The summed E-state index contributed by atoms with van der Waals surface area (Å²) in [6.07, 6.45) is 3.72. The van der Waals surface area contributed by atoms with Gasteiger partial charge in [-0.3, -0.25) is 9.97 Å². The monoisotopic (exact) mass is 816 g/mol. The lowest BCUT2D eigenvalue weighted by Crippen LogP contribution is -2.10. The van der Waals surface area contributed by atoms with Crippen LogP contribution in [0, 0.1) is 0 Å². The molecule has 0 spiro atoms. The molecule has 0 amide bonds. The average molecular weight is 817 g/mol. The van der Waals surface area contributed by atoms with Crippen LogP contribution in [0.5, 0.6) is 0 Å². The van der Waals surface area contributed by atoms with Gasteiger partial charge in [0.05, 0.1) is 22.4 Å². The topological polar surface area (TPSA) is 34.0 Å². The van der Waals surface area contributed by atoms with Crippen molar-refractivity contribution in [3.63, 3.8) is 0 Å². The van der Waals surface area contributed by atoms with Crippen molar-refractivity contribution in [2.75, 3.05) is 4.90 Å². The number of anilines is 3. The van der Waals surface area contributed by atoms with Crippen LogP contribution in [0.15, 0.2) is 243 Å². The third-order valence-corrected chi connectivity index (χ3v) is 12.5. The quantitative estimate of drug-likeness (QED) is 0.143. The maximum Gasteiger partial charge on any atom is 0.0702 e. The highest BCUT2D eigenvalue weighted by atomic mass is 15.1. The van der Waals surface area contributed by atoms with E-state index in [1.165, 1.54) is 49.1 Å². The molecule has 0 saturated heterocycles. The minimum absolute atomic E-state index is 0.946. The molecule has 64 heavy (non-hydrogen) atoms. The van der Waals surface area contributed by atoms with Gasteiger partial charge in [0, 0.05) is 57.0 Å². The van der Waals surface area contributed by atoms with Crippen molar-refractivity contribution in [2.24, 2.45) is 0 Å². The van der Waals surface area contributed by atoms with Crippen molar-refractivity contribution in [2.45, 2.75) is 0 Å². The Labute approximate surface area is 371 Å². The molecule has 4 nitrogen and oxygen atoms in total. The Kier molecular flexibility index (Phi) is 9.12. The van der Waals surface area contributed by atoms with Crippen molar-refractivity contribution in [3.05, 3.63) is 243 Å². The summed E-state index contributed by atoms with van der Waals surface area (Å²) in [5.74, 6) is 0. The van der Waals surface area contributed by atoms with Gasteiger partial charge in [0.2, 0.25) is 0 Å². The molecule has 4 heteroatoms. The standard InChI is InChI=1S/C60H40N4/c1-2-20-45(21-3-1)63(46-30-32-47(33-31-46)64-57-28-8-6-22-49(57)50-23-7-9-29-58(50)64)48-34-35-53-54(40-48)60(44-19-15-17-42(39-44)56-27-11-13-37-62-56)52-25-5-4-24-51(52)59(53)43-18-14-16-41(38-43)55-26-10-12-36-61-55/h1-40H. The smallest absolute Gasteiger partial charge is 0.0702 e. The number of hydrogen-bond donors (Lipinski definition) is 0. The average Bonchev–Trinajstić information content (AvgIpc) is 3.71. The first-order valence-electron chi connectivity index (χ1n) is 21.7. The van der Waals surface area contributed by atoms with Gasteiger partial charge in [0.1, 0.15) is 0 Å². The molecule has 12 aromatic rings. The first-order valence-corrected chi connectivity index (χ1v) is 21.7. The Morgan fingerprint density at radius 2 is 0.750 bits per heavy atom. The molecule has 0 aliphatic heterocycles. The summed E-state index contributed by atoms with van der Waals surface area (Å²) in [4.78, 5) is 11.8. The molecular formula is C60H40N4. The number of nitrogens with zero attached hydrogens (tertiary/aromatic N) is 4. The van der Waals surface area contributed by atoms with E-state index in [9.17, 15) is 0 Å². The molecule has 0 aliphatic rings. The van der Waals surface area contributed by atoms with E-state index in [4.69, 9.17) is 9.97 Å². The molecule has 0 bridgehead atoms. The van der Waals surface area contributed by atoms with Gasteiger partial charge in [-0.1, -0.05) is 133 Å². The molecule has 0 aliphatic carbocycles. The van der Waals surface area contributed by atoms with Crippen molar-refractivity contribution in [1.82, 2.24) is 14.5 Å². The number of benzene rings is 9. The zero-order chi connectivity index (χ0) is 42.4. The fourth-order valence-electron chi connectivity index (χ4n) is 9.64. The van der Waals surface area contributed by atoms with Gasteiger partial charge in [-0.05, 0) is 141 Å². The lowest BCUT2D eigenvalue weighted by atomic mass is 9.85. The normalized spacial score (nSPS) is 11.4. The Morgan fingerprint density at radius 3 is 1.31 bits per heavy atom. The van der Waals surface area contributed by atoms with Crippen LogP contribution in [-0.2, 0) is 0 Å². The minimum atomic E-state index is 0.946. The Morgan fingerprint density at radius 1 is 0.297 bits per heavy atom. The Bertz CT molecular complexity index is 3600. The number of fused-ring (bicyclic) bond motifs is 5. The number of pyridine rings is 2. The van der Waals surface area contributed by atoms with Crippen LogP contribution in [0.4, 0.5) is 17.1 Å². The van der Waals surface area contributed by atoms with Gasteiger partial charge in [-0.2, -0.15) is 0 Å². The Balaban J connectivity index is 1.09. The summed E-state index contributed by atoms with van der Waals surface area (Å²) < 4.78 is 2.37. The summed E-state index contributed by atoms with van der Waals surface area (Å²) in [7, 11) is 0. The van der Waals surface area contributed by atoms with Crippen LogP contribution in [0.3, 0.4) is 0 Å². The number of para-hydroxylation sites is 3. The highest BCUT2D eigenvalue weighted by molar-refractivity contribution is 6.22. The zero-order valence-corrected chi connectivity index (χ0v) is 34.9. The molecule has 9 aromatic carbocycles. The molecule has 0 fully saturated rings. The van der Waals surface area contributed by atoms with E-state index in [1.54, 1.807) is 0 Å². The second-order valence-electron chi connectivity index (χ2n) is 16.2. The van der Waals surface area contributed by atoms with Gasteiger partial charge >= 0.3 is 0 Å². The summed E-state index contributed by atoms with van der Waals surface area (Å²) in [5.41, 5.74) is 15.4. The lowest BCUT2D eigenvalue weighted by molar-refractivity contribution is 1.17. The molecule has 0 saturated carbocycles. The van der Waals surface area contributed by atoms with Crippen LogP contribution >= 0.6 is 0 Å². The predicted molar refractivity (Wildman–Crippen MR) is 268 cm³/mol. The molecule has 300 valence electrons. The van der Waals surface area contributed by atoms with E-state index in [2.05, 4.69) is 216 Å². The van der Waals surface area contributed by atoms with Gasteiger partial charge in [0.15, 0.2) is 0 Å². The summed E-state index contributed by atoms with van der Waals surface area (Å²) in [6.45, 7) is 0. The van der Waals surface area contributed by atoms with Crippen molar-refractivity contribution >= 4 is 60.4 Å². The van der Waals surface area contributed by atoms with Crippen LogP contribution in [0.2, 0.25) is 0 Å². The Hall–Kier alpha value is -8.60. The van der Waals surface area contributed by atoms with E-state index in [1.807, 2.05) is 36.7 Å². The van der Waals surface area contributed by atoms with Crippen LogP contribution < -0.4 is 4.90 Å². The predicted octanol–water partition coefficient (Wildman–Crippen LogP) is 16.0. The van der Waals surface area contributed by atoms with E-state index in [0.29, 0.717) is 0 Å². The van der Waals surface area contributed by atoms with Gasteiger partial charge in [-0.15, -0.1) is 0 Å². The van der Waals surface area contributed by atoms with E-state index in [-0.39, 0.29) is 0 Å². The second kappa shape index (κ2) is 15.7. The third kappa shape index (κ3) is 6.40. The minimum Gasteiger partial charge on any atom is -0.310 e. The highest BCUT2D eigenvalue weighted by Gasteiger charge is 2.21. The fraction of sp³-hybridized carbons (Fsp3) is 0. The van der Waals surface area contributed by atoms with E-state index >= 15 is 0 Å². The zero-order valence-electron chi connectivity index (χ0n) is 34.9. The van der Waals surface area contributed by atoms with Crippen molar-refractivity contribution in [3.8, 4) is 50.5 Å². The van der Waals surface area contributed by atoms with Crippen LogP contribution in [0.25, 0.3) is 93.8 Å². The summed E-state index contributed by atoms with van der Waals surface area (Å²) >= 11 is 0. The molecule has 3 aromatic heterocycles. The fourth-order valence-corrected chi connectivity index (χ4v) is 9.64. The number of aromatic nitrogens is 3. The summed E-state index contributed by atoms with van der Waals surface area (Å²) in [6, 6.07) is 82.8. The van der Waals surface area contributed by atoms with E-state index in [0.717, 1.165) is 61.8 Å². The van der Waals surface area contributed by atoms with Crippen molar-refractivity contribution in [1.29, 1.82) is 0 Å². The molecule has 0 N–H and O–H groups in total.